The van der Waals surface area contributed by atoms with Crippen LogP contribution in [-0.2, 0) is 0 Å². The molecule has 2 nitrogen and oxygen atoms in total. The molecule has 94 valence electrons. The van der Waals surface area contributed by atoms with Gasteiger partial charge in [0.2, 0.25) is 0 Å². The first-order chi connectivity index (χ1) is 8.49. The average molecular weight is 302 g/mol. The van der Waals surface area contributed by atoms with Crippen LogP contribution >= 0.6 is 34.8 Å². The molecule has 0 aliphatic rings. The lowest BCUT2D eigenvalue weighted by Gasteiger charge is -2.13. The number of aryl methyl sites for hydroxylation is 1. The van der Waals surface area contributed by atoms with Gasteiger partial charge in [-0.25, -0.2) is 0 Å². The summed E-state index contributed by atoms with van der Waals surface area (Å²) in [6.45, 7) is 1.89. The van der Waals surface area contributed by atoms with Crippen LogP contribution in [0, 0.1) is 6.92 Å². The summed E-state index contributed by atoms with van der Waals surface area (Å²) >= 11 is 18.3. The summed E-state index contributed by atoms with van der Waals surface area (Å²) in [6, 6.07) is 8.84. The maximum Gasteiger partial charge on any atom is 0.0807 e. The summed E-state index contributed by atoms with van der Waals surface area (Å²) < 4.78 is 0. The monoisotopic (exact) mass is 300 g/mol. The van der Waals surface area contributed by atoms with Crippen LogP contribution in [0.4, 0.5) is 17.1 Å². The molecular formula is C13H11Cl3N2. The second-order valence-electron chi connectivity index (χ2n) is 3.91. The van der Waals surface area contributed by atoms with Crippen molar-refractivity contribution in [3.63, 3.8) is 0 Å². The molecule has 0 aliphatic carbocycles. The van der Waals surface area contributed by atoms with Crippen molar-refractivity contribution in [2.24, 2.45) is 0 Å². The van der Waals surface area contributed by atoms with Crippen LogP contribution in [0.1, 0.15) is 5.56 Å². The first kappa shape index (κ1) is 13.3. The van der Waals surface area contributed by atoms with Crippen molar-refractivity contribution in [1.82, 2.24) is 0 Å². The van der Waals surface area contributed by atoms with Crippen LogP contribution in [0.3, 0.4) is 0 Å². The van der Waals surface area contributed by atoms with E-state index in [1.54, 1.807) is 30.3 Å². The number of hydrogen-bond acceptors (Lipinski definition) is 2. The van der Waals surface area contributed by atoms with Crippen LogP contribution in [-0.4, -0.2) is 0 Å². The van der Waals surface area contributed by atoms with E-state index in [9.17, 15) is 0 Å². The molecule has 0 aliphatic heterocycles. The van der Waals surface area contributed by atoms with Gasteiger partial charge >= 0.3 is 0 Å². The van der Waals surface area contributed by atoms with Crippen molar-refractivity contribution in [1.29, 1.82) is 0 Å². The smallest absolute Gasteiger partial charge is 0.0807 e. The fourth-order valence-corrected chi connectivity index (χ4v) is 2.21. The quantitative estimate of drug-likeness (QED) is 0.740. The Morgan fingerprint density at radius 1 is 1.00 bits per heavy atom. The van der Waals surface area contributed by atoms with Gasteiger partial charge in [-0.1, -0.05) is 40.9 Å². The Balaban J connectivity index is 2.43. The summed E-state index contributed by atoms with van der Waals surface area (Å²) in [6.07, 6.45) is 0. The molecule has 5 heteroatoms. The van der Waals surface area contributed by atoms with Gasteiger partial charge in [-0.15, -0.1) is 0 Å². The molecule has 0 spiro atoms. The molecule has 0 fully saturated rings. The second-order valence-corrected chi connectivity index (χ2v) is 5.13. The van der Waals surface area contributed by atoms with E-state index in [-0.39, 0.29) is 0 Å². The lowest BCUT2D eigenvalue weighted by Crippen LogP contribution is -1.98. The van der Waals surface area contributed by atoms with Crippen molar-refractivity contribution in [2.75, 3.05) is 11.1 Å². The molecule has 0 unspecified atom stereocenters. The number of para-hydroxylation sites is 1. The molecule has 3 N–H and O–H groups in total. The van der Waals surface area contributed by atoms with Crippen LogP contribution < -0.4 is 11.1 Å². The van der Waals surface area contributed by atoms with Gasteiger partial charge in [0.1, 0.15) is 0 Å². The first-order valence-electron chi connectivity index (χ1n) is 5.25. The van der Waals surface area contributed by atoms with E-state index in [1.165, 1.54) is 0 Å². The Morgan fingerprint density at radius 2 is 1.72 bits per heavy atom. The van der Waals surface area contributed by atoms with Crippen molar-refractivity contribution < 1.29 is 0 Å². The molecule has 2 rings (SSSR count). The van der Waals surface area contributed by atoms with Crippen LogP contribution in [0.2, 0.25) is 15.1 Å². The first-order valence-corrected chi connectivity index (χ1v) is 6.39. The molecular weight excluding hydrogens is 291 g/mol. The molecule has 0 heterocycles. The molecule has 0 saturated heterocycles. The van der Waals surface area contributed by atoms with Crippen molar-refractivity contribution >= 4 is 51.9 Å². The number of anilines is 3. The highest BCUT2D eigenvalue weighted by Crippen LogP contribution is 2.35. The predicted molar refractivity (Wildman–Crippen MR) is 80.3 cm³/mol. The van der Waals surface area contributed by atoms with E-state index in [0.717, 1.165) is 5.56 Å². The largest absolute Gasteiger partial charge is 0.397 e. The van der Waals surface area contributed by atoms with Gasteiger partial charge < -0.3 is 11.1 Å². The summed E-state index contributed by atoms with van der Waals surface area (Å²) in [5.41, 5.74) is 8.63. The van der Waals surface area contributed by atoms with Crippen LogP contribution in [0.25, 0.3) is 0 Å². The normalized spacial score (nSPS) is 10.4. The molecule has 0 radical (unpaired) electrons. The minimum absolute atomic E-state index is 0.530. The van der Waals surface area contributed by atoms with Gasteiger partial charge in [-0.3, -0.25) is 0 Å². The molecule has 0 saturated carbocycles. The molecule has 0 aromatic heterocycles. The van der Waals surface area contributed by atoms with Gasteiger partial charge in [-0.2, -0.15) is 0 Å². The lowest BCUT2D eigenvalue weighted by molar-refractivity contribution is 1.45. The number of benzene rings is 2. The highest BCUT2D eigenvalue weighted by atomic mass is 35.5. The second kappa shape index (κ2) is 5.27. The maximum absolute atomic E-state index is 6.15. The fourth-order valence-electron chi connectivity index (χ4n) is 1.55. The third kappa shape index (κ3) is 2.66. The zero-order valence-electron chi connectivity index (χ0n) is 9.60. The Morgan fingerprint density at radius 3 is 2.39 bits per heavy atom. The zero-order valence-corrected chi connectivity index (χ0v) is 11.9. The number of rotatable bonds is 2. The van der Waals surface area contributed by atoms with E-state index in [1.807, 2.05) is 6.92 Å². The average Bonchev–Trinajstić information content (AvgIpc) is 2.30. The number of nitrogens with one attached hydrogen (secondary N) is 1. The Hall–Kier alpha value is -1.09. The molecule has 0 amide bonds. The summed E-state index contributed by atoms with van der Waals surface area (Å²) in [4.78, 5) is 0. The van der Waals surface area contributed by atoms with Gasteiger partial charge in [0.25, 0.3) is 0 Å². The van der Waals surface area contributed by atoms with Gasteiger partial charge in [0, 0.05) is 5.02 Å². The van der Waals surface area contributed by atoms with Gasteiger partial charge in [0.15, 0.2) is 0 Å². The third-order valence-electron chi connectivity index (χ3n) is 2.55. The van der Waals surface area contributed by atoms with E-state index in [2.05, 4.69) is 5.32 Å². The predicted octanol–water partition coefficient (Wildman–Crippen LogP) is 5.28. The number of nitrogens with two attached hydrogens (primary N) is 1. The summed E-state index contributed by atoms with van der Waals surface area (Å²) in [5, 5.41) is 4.83. The van der Waals surface area contributed by atoms with Crippen LogP contribution in [0.15, 0.2) is 30.3 Å². The fraction of sp³-hybridized carbons (Fsp3) is 0.0769. The number of nitrogen functional groups attached to an aromatic ring is 1. The van der Waals surface area contributed by atoms with Gasteiger partial charge in [0.05, 0.1) is 27.1 Å². The van der Waals surface area contributed by atoms with Gasteiger partial charge in [-0.05, 0) is 36.8 Å². The molecule has 2 aromatic rings. The SMILES string of the molecule is Cc1cc(Cl)c(Nc2c(N)cccc2Cl)cc1Cl. The molecule has 2 aromatic carbocycles. The van der Waals surface area contributed by atoms with E-state index in [0.29, 0.717) is 32.1 Å². The lowest BCUT2D eigenvalue weighted by atomic mass is 10.2. The number of halogens is 3. The van der Waals surface area contributed by atoms with Crippen molar-refractivity contribution in [2.45, 2.75) is 6.92 Å². The summed E-state index contributed by atoms with van der Waals surface area (Å²) in [7, 11) is 0. The highest BCUT2D eigenvalue weighted by molar-refractivity contribution is 6.36. The minimum atomic E-state index is 0.530. The Kier molecular flexibility index (Phi) is 3.91. The Labute approximate surface area is 121 Å². The zero-order chi connectivity index (χ0) is 13.3. The van der Waals surface area contributed by atoms with Crippen molar-refractivity contribution in [3.8, 4) is 0 Å². The highest BCUT2D eigenvalue weighted by Gasteiger charge is 2.09. The third-order valence-corrected chi connectivity index (χ3v) is 3.59. The molecule has 18 heavy (non-hydrogen) atoms. The maximum atomic E-state index is 6.15. The minimum Gasteiger partial charge on any atom is -0.397 e. The Bertz CT molecular complexity index is 577. The van der Waals surface area contributed by atoms with E-state index < -0.39 is 0 Å². The standard InChI is InChI=1S/C13H11Cl3N2/c1-7-5-10(16)12(6-9(7)15)18-13-8(14)3-2-4-11(13)17/h2-6,18H,17H2,1H3. The molecule has 0 bridgehead atoms. The van der Waals surface area contributed by atoms with E-state index in [4.69, 9.17) is 40.5 Å². The summed E-state index contributed by atoms with van der Waals surface area (Å²) in [5.74, 6) is 0. The number of hydrogen-bond donors (Lipinski definition) is 2. The van der Waals surface area contributed by atoms with Crippen molar-refractivity contribution in [3.05, 3.63) is 51.0 Å². The van der Waals surface area contributed by atoms with E-state index >= 15 is 0 Å². The molecule has 0 atom stereocenters. The van der Waals surface area contributed by atoms with Crippen LogP contribution in [0.5, 0.6) is 0 Å². The topological polar surface area (TPSA) is 38.0 Å².